The van der Waals surface area contributed by atoms with Crippen LogP contribution in [0, 0.1) is 5.92 Å². The van der Waals surface area contributed by atoms with Crippen LogP contribution >= 0.6 is 0 Å². The lowest BCUT2D eigenvalue weighted by Gasteiger charge is -2.53. The summed E-state index contributed by atoms with van der Waals surface area (Å²) < 4.78 is 26.9. The van der Waals surface area contributed by atoms with Crippen LogP contribution in [0.2, 0.25) is 0 Å². The van der Waals surface area contributed by atoms with Crippen molar-refractivity contribution in [3.63, 3.8) is 0 Å². The van der Waals surface area contributed by atoms with Gasteiger partial charge in [-0.05, 0) is 25.7 Å². The predicted molar refractivity (Wildman–Crippen MR) is 126 cm³/mol. The van der Waals surface area contributed by atoms with Gasteiger partial charge in [0.2, 0.25) is 0 Å². The summed E-state index contributed by atoms with van der Waals surface area (Å²) >= 11 is 0. The fourth-order valence-electron chi connectivity index (χ4n) is 6.57. The molecular weight excluding hydrogens is 454 g/mol. The van der Waals surface area contributed by atoms with Crippen molar-refractivity contribution >= 4 is 17.0 Å². The Hall–Kier alpha value is -1.89. The molecule has 1 aliphatic heterocycles. The first-order chi connectivity index (χ1) is 17.0. The number of imidazole rings is 1. The molecule has 1 saturated heterocycles. The highest BCUT2D eigenvalue weighted by Gasteiger charge is 2.57. The van der Waals surface area contributed by atoms with E-state index >= 15 is 0 Å². The number of hydrogen-bond acceptors (Lipinski definition) is 10. The second-order valence-electron chi connectivity index (χ2n) is 9.99. The molecule has 5 rings (SSSR count). The number of rotatable bonds is 7. The van der Waals surface area contributed by atoms with Gasteiger partial charge in [0.25, 0.3) is 0 Å². The number of aliphatic hydroxyl groups is 2. The van der Waals surface area contributed by atoms with Gasteiger partial charge in [-0.15, -0.1) is 0 Å². The summed E-state index contributed by atoms with van der Waals surface area (Å²) in [6.45, 7) is -0.341. The van der Waals surface area contributed by atoms with Crippen molar-refractivity contribution in [1.82, 2.24) is 19.5 Å². The van der Waals surface area contributed by atoms with Gasteiger partial charge < -0.3 is 34.9 Å². The topological polar surface area (TPSA) is 147 Å². The largest absolute Gasteiger partial charge is 0.394 e. The fraction of sp³-hybridized carbons (Fsp3) is 0.792. The summed E-state index contributed by atoms with van der Waals surface area (Å²) in [6, 6.07) is 0. The van der Waals surface area contributed by atoms with Crippen LogP contribution in [-0.2, 0) is 18.9 Å². The second-order valence-corrected chi connectivity index (χ2v) is 9.99. The third-order valence-electron chi connectivity index (χ3n) is 8.26. The van der Waals surface area contributed by atoms with Crippen molar-refractivity contribution in [1.29, 1.82) is 0 Å². The third kappa shape index (κ3) is 4.21. The van der Waals surface area contributed by atoms with Crippen LogP contribution in [0.5, 0.6) is 0 Å². The number of aliphatic hydroxyl groups excluding tert-OH is 2. The molecule has 3 heterocycles. The molecule has 11 heteroatoms. The minimum Gasteiger partial charge on any atom is -0.394 e. The van der Waals surface area contributed by atoms with Gasteiger partial charge in [-0.2, -0.15) is 0 Å². The molecule has 11 nitrogen and oxygen atoms in total. The van der Waals surface area contributed by atoms with Gasteiger partial charge in [0.1, 0.15) is 35.8 Å². The highest BCUT2D eigenvalue weighted by molar-refractivity contribution is 5.81. The summed E-state index contributed by atoms with van der Waals surface area (Å²) in [5, 5.41) is 21.3. The molecule has 2 aromatic heterocycles. The highest BCUT2D eigenvalue weighted by Crippen LogP contribution is 2.49. The first kappa shape index (κ1) is 24.8. The van der Waals surface area contributed by atoms with Crippen LogP contribution in [0.1, 0.15) is 57.6 Å². The monoisotopic (exact) mass is 491 g/mol. The zero-order chi connectivity index (χ0) is 24.6. The average molecular weight is 492 g/mol. The number of fused-ring (bicyclic) bond motifs is 1. The lowest BCUT2D eigenvalue weighted by molar-refractivity contribution is -0.251. The maximum atomic E-state index is 11.3. The van der Waals surface area contributed by atoms with Gasteiger partial charge in [-0.25, -0.2) is 15.0 Å². The molecule has 0 bridgehead atoms. The van der Waals surface area contributed by atoms with Gasteiger partial charge in [0, 0.05) is 20.1 Å². The molecule has 0 radical (unpaired) electrons. The van der Waals surface area contributed by atoms with Crippen molar-refractivity contribution in [3.05, 3.63) is 12.7 Å². The van der Waals surface area contributed by atoms with Crippen LogP contribution < -0.4 is 5.73 Å². The van der Waals surface area contributed by atoms with Crippen LogP contribution in [0.4, 0.5) is 5.82 Å². The number of nitrogens with zero attached hydrogens (tertiary/aromatic N) is 4. The molecule has 2 aliphatic carbocycles. The Balaban J connectivity index is 1.56. The molecule has 2 saturated carbocycles. The Bertz CT molecular complexity index is 1010. The maximum absolute atomic E-state index is 11.3. The lowest BCUT2D eigenvalue weighted by atomic mass is 9.66. The van der Waals surface area contributed by atoms with Gasteiger partial charge in [0.15, 0.2) is 17.7 Å². The molecule has 0 spiro atoms. The van der Waals surface area contributed by atoms with E-state index in [0.29, 0.717) is 11.2 Å². The number of nitrogen functional groups attached to an aromatic ring is 1. The molecule has 8 atom stereocenters. The van der Waals surface area contributed by atoms with Gasteiger partial charge in [0.05, 0.1) is 25.1 Å². The first-order valence-electron chi connectivity index (χ1n) is 12.6. The highest BCUT2D eigenvalue weighted by atomic mass is 16.6. The zero-order valence-corrected chi connectivity index (χ0v) is 20.5. The number of aromatic nitrogens is 4. The van der Waals surface area contributed by atoms with Gasteiger partial charge >= 0.3 is 0 Å². The van der Waals surface area contributed by atoms with Crippen LogP contribution in [0.25, 0.3) is 11.2 Å². The molecule has 3 fully saturated rings. The van der Waals surface area contributed by atoms with E-state index in [1.54, 1.807) is 25.1 Å². The normalized spacial score (nSPS) is 38.2. The Morgan fingerprint density at radius 3 is 2.69 bits per heavy atom. The minimum absolute atomic E-state index is 0.0488. The number of anilines is 1. The first-order valence-corrected chi connectivity index (χ1v) is 12.6. The summed E-state index contributed by atoms with van der Waals surface area (Å²) in [7, 11) is 3.50. The van der Waals surface area contributed by atoms with E-state index in [-0.39, 0.29) is 30.6 Å². The SMILES string of the molecule is CO[C@@H]1CCCC[C@H]1[C@@]1(O[C@@H]2[C@H](O)[C@@H](CO)O[C@H]2n2cnc3c(N)ncnc32)CCCC[C@H]1OC. The van der Waals surface area contributed by atoms with E-state index in [9.17, 15) is 10.2 Å². The summed E-state index contributed by atoms with van der Waals surface area (Å²) in [4.78, 5) is 12.7. The molecule has 0 aromatic carbocycles. The molecule has 4 N–H and O–H groups in total. The molecule has 35 heavy (non-hydrogen) atoms. The Morgan fingerprint density at radius 2 is 1.91 bits per heavy atom. The van der Waals surface area contributed by atoms with E-state index in [0.717, 1.165) is 51.4 Å². The smallest absolute Gasteiger partial charge is 0.167 e. The number of nitrogens with two attached hydrogens (primary N) is 1. The van der Waals surface area contributed by atoms with Crippen molar-refractivity contribution in [3.8, 4) is 0 Å². The number of ether oxygens (including phenoxy) is 4. The van der Waals surface area contributed by atoms with Gasteiger partial charge in [-0.1, -0.05) is 25.7 Å². The van der Waals surface area contributed by atoms with Crippen LogP contribution in [0.15, 0.2) is 12.7 Å². The van der Waals surface area contributed by atoms with E-state index < -0.39 is 30.1 Å². The van der Waals surface area contributed by atoms with E-state index in [1.807, 2.05) is 0 Å². The molecule has 194 valence electrons. The standard InChI is InChI=1S/C24H37N5O6/c1-32-15-8-4-3-7-14(15)24(10-6-5-9-17(24)33-2)35-20-19(31)16(11-30)34-23(20)29-13-28-18-21(25)26-12-27-22(18)29/h12-17,19-20,23,30-31H,3-11H2,1-2H3,(H2,25,26,27)/t14-,15-,16-,17-,19-,20-,23-,24+/m1/s1. The van der Waals surface area contributed by atoms with Gasteiger partial charge in [-0.3, -0.25) is 4.57 Å². The second kappa shape index (κ2) is 10.2. The molecular formula is C24H37N5O6. The Kier molecular flexibility index (Phi) is 7.25. The Labute approximate surface area is 204 Å². The van der Waals surface area contributed by atoms with Crippen molar-refractivity contribution in [2.24, 2.45) is 5.92 Å². The average Bonchev–Trinajstić information content (AvgIpc) is 3.46. The maximum Gasteiger partial charge on any atom is 0.167 e. The minimum atomic E-state index is -1.05. The van der Waals surface area contributed by atoms with E-state index in [1.165, 1.54) is 6.33 Å². The third-order valence-corrected chi connectivity index (χ3v) is 8.26. The quantitative estimate of drug-likeness (QED) is 0.521. The number of hydrogen-bond donors (Lipinski definition) is 3. The molecule has 0 unspecified atom stereocenters. The molecule has 0 amide bonds. The fourth-order valence-corrected chi connectivity index (χ4v) is 6.57. The summed E-state index contributed by atoms with van der Waals surface area (Å²) in [5.74, 6) is 0.377. The summed E-state index contributed by atoms with van der Waals surface area (Å²) in [6.07, 6.45) is 7.33. The van der Waals surface area contributed by atoms with Crippen molar-refractivity contribution in [2.45, 2.75) is 93.7 Å². The van der Waals surface area contributed by atoms with Crippen molar-refractivity contribution < 1.29 is 29.2 Å². The summed E-state index contributed by atoms with van der Waals surface area (Å²) in [5.41, 5.74) is 6.27. The van der Waals surface area contributed by atoms with Crippen LogP contribution in [-0.4, -0.2) is 86.7 Å². The number of methoxy groups -OCH3 is 2. The van der Waals surface area contributed by atoms with Crippen molar-refractivity contribution in [2.75, 3.05) is 26.6 Å². The van der Waals surface area contributed by atoms with E-state index in [4.69, 9.17) is 24.7 Å². The Morgan fingerprint density at radius 1 is 1.11 bits per heavy atom. The predicted octanol–water partition coefficient (Wildman–Crippen LogP) is 1.58. The van der Waals surface area contributed by atoms with E-state index in [2.05, 4.69) is 15.0 Å². The van der Waals surface area contributed by atoms with Crippen LogP contribution in [0.3, 0.4) is 0 Å². The zero-order valence-electron chi connectivity index (χ0n) is 20.5. The lowest BCUT2D eigenvalue weighted by Crippen LogP contribution is -2.60. The molecule has 2 aromatic rings. The molecule has 3 aliphatic rings.